The molecule has 0 aliphatic rings. The highest BCUT2D eigenvalue weighted by molar-refractivity contribution is 6.19. The molecule has 0 atom stereocenters. The van der Waals surface area contributed by atoms with Crippen LogP contribution in [0.1, 0.15) is 5.56 Å². The second kappa shape index (κ2) is 6.27. The number of alkyl halides is 1. The van der Waals surface area contributed by atoms with E-state index in [1.165, 1.54) is 0 Å². The summed E-state index contributed by atoms with van der Waals surface area (Å²) in [5.41, 5.74) is 3.40. The highest BCUT2D eigenvalue weighted by Gasteiger charge is 2.03. The summed E-state index contributed by atoms with van der Waals surface area (Å²) in [6, 6.07) is 16.3. The van der Waals surface area contributed by atoms with E-state index >= 15 is 0 Å². The van der Waals surface area contributed by atoms with E-state index in [4.69, 9.17) is 16.3 Å². The first kappa shape index (κ1) is 12.7. The molecule has 0 aliphatic carbocycles. The van der Waals surface area contributed by atoms with E-state index in [-0.39, 0.29) is 0 Å². The number of halogens is 1. The molecule has 2 aromatic carbocycles. The zero-order chi connectivity index (χ0) is 12.8. The number of methoxy groups -OCH3 is 1. The van der Waals surface area contributed by atoms with Gasteiger partial charge >= 0.3 is 0 Å². The largest absolute Gasteiger partial charge is 0.496 e. The first-order valence-corrected chi connectivity index (χ1v) is 6.34. The van der Waals surface area contributed by atoms with Crippen LogP contribution in [0.5, 0.6) is 5.75 Å². The number of benzene rings is 2. The number of para-hydroxylation sites is 1. The van der Waals surface area contributed by atoms with Crippen LogP contribution in [0.25, 0.3) is 17.2 Å². The lowest BCUT2D eigenvalue weighted by atomic mass is 10.0. The molecule has 2 aromatic rings. The Morgan fingerprint density at radius 3 is 2.44 bits per heavy atom. The minimum Gasteiger partial charge on any atom is -0.496 e. The van der Waals surface area contributed by atoms with Crippen LogP contribution in [0, 0.1) is 0 Å². The Kier molecular flexibility index (Phi) is 4.43. The maximum absolute atomic E-state index is 5.61. The van der Waals surface area contributed by atoms with Gasteiger partial charge in [-0.05, 0) is 17.2 Å². The fourth-order valence-electron chi connectivity index (χ4n) is 1.84. The second-order valence-electron chi connectivity index (χ2n) is 3.88. The average Bonchev–Trinajstić information content (AvgIpc) is 2.45. The lowest BCUT2D eigenvalue weighted by molar-refractivity contribution is 0.416. The van der Waals surface area contributed by atoms with Crippen molar-refractivity contribution < 1.29 is 4.74 Å². The van der Waals surface area contributed by atoms with Crippen LogP contribution in [-0.4, -0.2) is 13.0 Å². The van der Waals surface area contributed by atoms with Crippen LogP contribution in [0.3, 0.4) is 0 Å². The predicted octanol–water partition coefficient (Wildman–Crippen LogP) is 4.61. The lowest BCUT2D eigenvalue weighted by Gasteiger charge is -2.08. The molecular formula is C16H15ClO. The van der Waals surface area contributed by atoms with Gasteiger partial charge in [-0.15, -0.1) is 11.6 Å². The topological polar surface area (TPSA) is 9.23 Å². The van der Waals surface area contributed by atoms with Crippen molar-refractivity contribution in [3.8, 4) is 16.9 Å². The molecule has 0 heterocycles. The monoisotopic (exact) mass is 258 g/mol. The van der Waals surface area contributed by atoms with Crippen molar-refractivity contribution in [2.75, 3.05) is 13.0 Å². The molecule has 0 bridgehead atoms. The Morgan fingerprint density at radius 1 is 1.06 bits per heavy atom. The van der Waals surface area contributed by atoms with E-state index in [0.717, 1.165) is 22.4 Å². The Bertz CT molecular complexity index is 529. The van der Waals surface area contributed by atoms with Crippen molar-refractivity contribution in [2.45, 2.75) is 0 Å². The molecule has 0 fully saturated rings. The second-order valence-corrected chi connectivity index (χ2v) is 4.19. The van der Waals surface area contributed by atoms with Crippen LogP contribution in [0.4, 0.5) is 0 Å². The Hall–Kier alpha value is -1.73. The van der Waals surface area contributed by atoms with Gasteiger partial charge in [-0.1, -0.05) is 54.6 Å². The summed E-state index contributed by atoms with van der Waals surface area (Å²) in [6.07, 6.45) is 3.94. The molecule has 0 amide bonds. The van der Waals surface area contributed by atoms with Gasteiger partial charge in [0.25, 0.3) is 0 Å². The van der Waals surface area contributed by atoms with Crippen LogP contribution < -0.4 is 4.74 Å². The number of allylic oxidation sites excluding steroid dienone is 1. The Labute approximate surface area is 113 Å². The molecule has 0 aromatic heterocycles. The first-order chi connectivity index (χ1) is 8.85. The molecule has 18 heavy (non-hydrogen) atoms. The highest BCUT2D eigenvalue weighted by Crippen LogP contribution is 2.29. The van der Waals surface area contributed by atoms with Gasteiger partial charge in [0.2, 0.25) is 0 Å². The number of rotatable bonds is 4. The van der Waals surface area contributed by atoms with E-state index in [9.17, 15) is 0 Å². The fourth-order valence-corrected chi connectivity index (χ4v) is 1.93. The van der Waals surface area contributed by atoms with Crippen LogP contribution in [-0.2, 0) is 0 Å². The van der Waals surface area contributed by atoms with E-state index < -0.39 is 0 Å². The molecule has 0 unspecified atom stereocenters. The van der Waals surface area contributed by atoms with E-state index in [2.05, 4.69) is 30.3 Å². The van der Waals surface area contributed by atoms with Gasteiger partial charge in [-0.25, -0.2) is 0 Å². The molecule has 0 spiro atoms. The SMILES string of the molecule is COc1ccccc1-c1ccc(C=CCCl)cc1. The lowest BCUT2D eigenvalue weighted by Crippen LogP contribution is -1.87. The van der Waals surface area contributed by atoms with Gasteiger partial charge in [-0.3, -0.25) is 0 Å². The third-order valence-electron chi connectivity index (χ3n) is 2.73. The zero-order valence-electron chi connectivity index (χ0n) is 10.3. The van der Waals surface area contributed by atoms with Crippen molar-refractivity contribution in [3.63, 3.8) is 0 Å². The van der Waals surface area contributed by atoms with Crippen LogP contribution >= 0.6 is 11.6 Å². The number of hydrogen-bond donors (Lipinski definition) is 0. The predicted molar refractivity (Wildman–Crippen MR) is 78.2 cm³/mol. The minimum absolute atomic E-state index is 0.536. The van der Waals surface area contributed by atoms with E-state index in [1.54, 1.807) is 7.11 Å². The van der Waals surface area contributed by atoms with Gasteiger partial charge in [0.05, 0.1) is 7.11 Å². The Balaban J connectivity index is 2.31. The average molecular weight is 259 g/mol. The number of ether oxygens (including phenoxy) is 1. The summed E-state index contributed by atoms with van der Waals surface area (Å²) >= 11 is 5.61. The number of hydrogen-bond acceptors (Lipinski definition) is 1. The minimum atomic E-state index is 0.536. The van der Waals surface area contributed by atoms with Crippen molar-refractivity contribution in [1.29, 1.82) is 0 Å². The maximum atomic E-state index is 5.61. The molecule has 0 saturated heterocycles. The molecule has 0 saturated carbocycles. The summed E-state index contributed by atoms with van der Waals surface area (Å²) in [7, 11) is 1.69. The highest BCUT2D eigenvalue weighted by atomic mass is 35.5. The molecule has 92 valence electrons. The zero-order valence-corrected chi connectivity index (χ0v) is 11.0. The molecular weight excluding hydrogens is 244 g/mol. The van der Waals surface area contributed by atoms with E-state index in [1.807, 2.05) is 30.4 Å². The molecule has 2 rings (SSSR count). The van der Waals surface area contributed by atoms with Crippen molar-refractivity contribution >= 4 is 17.7 Å². The van der Waals surface area contributed by atoms with E-state index in [0.29, 0.717) is 5.88 Å². The normalized spacial score (nSPS) is 10.8. The maximum Gasteiger partial charge on any atom is 0.126 e. The molecule has 0 radical (unpaired) electrons. The molecule has 2 heteroatoms. The standard InChI is InChI=1S/C16H15ClO/c1-18-16-7-3-2-6-15(16)14-10-8-13(9-11-14)5-4-12-17/h2-11H,12H2,1H3. The quantitative estimate of drug-likeness (QED) is 0.728. The van der Waals surface area contributed by atoms with Crippen molar-refractivity contribution in [2.24, 2.45) is 0 Å². The van der Waals surface area contributed by atoms with Crippen LogP contribution in [0.2, 0.25) is 0 Å². The summed E-state index contributed by atoms with van der Waals surface area (Å²) in [6.45, 7) is 0. The third kappa shape index (κ3) is 2.93. The summed E-state index contributed by atoms with van der Waals surface area (Å²) < 4.78 is 5.36. The summed E-state index contributed by atoms with van der Waals surface area (Å²) in [4.78, 5) is 0. The first-order valence-electron chi connectivity index (χ1n) is 5.81. The fraction of sp³-hybridized carbons (Fsp3) is 0.125. The molecule has 0 N–H and O–H groups in total. The van der Waals surface area contributed by atoms with Crippen LogP contribution in [0.15, 0.2) is 54.6 Å². The van der Waals surface area contributed by atoms with Gasteiger partial charge in [0.1, 0.15) is 5.75 Å². The van der Waals surface area contributed by atoms with Gasteiger partial charge in [0.15, 0.2) is 0 Å². The van der Waals surface area contributed by atoms with Crippen molar-refractivity contribution in [3.05, 3.63) is 60.2 Å². The van der Waals surface area contributed by atoms with Gasteiger partial charge < -0.3 is 4.74 Å². The molecule has 0 aliphatic heterocycles. The third-order valence-corrected chi connectivity index (χ3v) is 2.91. The Morgan fingerprint density at radius 2 is 1.78 bits per heavy atom. The summed E-state index contributed by atoms with van der Waals surface area (Å²) in [5, 5.41) is 0. The van der Waals surface area contributed by atoms with Gasteiger partial charge in [0, 0.05) is 11.4 Å². The smallest absolute Gasteiger partial charge is 0.126 e. The van der Waals surface area contributed by atoms with Gasteiger partial charge in [-0.2, -0.15) is 0 Å². The summed E-state index contributed by atoms with van der Waals surface area (Å²) in [5.74, 6) is 1.43. The van der Waals surface area contributed by atoms with Crippen molar-refractivity contribution in [1.82, 2.24) is 0 Å². The molecule has 1 nitrogen and oxygen atoms in total.